The van der Waals surface area contributed by atoms with Crippen molar-refractivity contribution in [2.45, 2.75) is 50.8 Å². The number of nitrogens with zero attached hydrogens (tertiary/aromatic N) is 1. The quantitative estimate of drug-likeness (QED) is 0.513. The lowest BCUT2D eigenvalue weighted by molar-refractivity contribution is 0.0956. The van der Waals surface area contributed by atoms with Gasteiger partial charge in [-0.2, -0.15) is 4.72 Å². The van der Waals surface area contributed by atoms with Crippen molar-refractivity contribution in [3.63, 3.8) is 0 Å². The third kappa shape index (κ3) is 4.29. The molecular weight excluding hydrogens is 415 g/mol. The second-order valence-electron chi connectivity index (χ2n) is 8.60. The molecule has 1 atom stereocenters. The molecule has 1 unspecified atom stereocenters. The van der Waals surface area contributed by atoms with Crippen LogP contribution in [0.25, 0.3) is 11.0 Å². The molecule has 7 heteroatoms. The lowest BCUT2D eigenvalue weighted by Gasteiger charge is -2.33. The van der Waals surface area contributed by atoms with Crippen molar-refractivity contribution in [1.82, 2.24) is 4.72 Å². The molecule has 4 rings (SSSR count). The zero-order valence-electron chi connectivity index (χ0n) is 18.2. The van der Waals surface area contributed by atoms with Crippen LogP contribution >= 0.6 is 0 Å². The fourth-order valence-corrected chi connectivity index (χ4v) is 4.83. The highest BCUT2D eigenvalue weighted by Gasteiger charge is 2.26. The number of carbonyl (C=O) groups is 1. The van der Waals surface area contributed by atoms with Crippen LogP contribution in [0.15, 0.2) is 45.7 Å². The first-order chi connectivity index (χ1) is 14.7. The van der Waals surface area contributed by atoms with Crippen LogP contribution in [0.1, 0.15) is 67.6 Å². The van der Waals surface area contributed by atoms with E-state index in [1.165, 1.54) is 12.1 Å². The molecule has 1 N–H and O–H groups in total. The Morgan fingerprint density at radius 3 is 2.48 bits per heavy atom. The average Bonchev–Trinajstić information content (AvgIpc) is 3.11. The predicted molar refractivity (Wildman–Crippen MR) is 121 cm³/mol. The maximum Gasteiger partial charge on any atom is 0.328 e. The Balaban J connectivity index is 1.60. The van der Waals surface area contributed by atoms with Crippen molar-refractivity contribution < 1.29 is 18.2 Å². The fraction of sp³-hybridized carbons (Fsp3) is 0.375. The van der Waals surface area contributed by atoms with Crippen molar-refractivity contribution >= 4 is 33.9 Å². The molecule has 2 aromatic carbocycles. The van der Waals surface area contributed by atoms with Gasteiger partial charge in [0.1, 0.15) is 22.8 Å². The number of benzene rings is 2. The van der Waals surface area contributed by atoms with E-state index in [4.69, 9.17) is 4.42 Å². The number of nitrogens with one attached hydrogen (secondary N) is 1. The van der Waals surface area contributed by atoms with Crippen molar-refractivity contribution in [3.05, 3.63) is 59.1 Å². The van der Waals surface area contributed by atoms with Crippen LogP contribution in [0.2, 0.25) is 0 Å². The topological polar surface area (TPSA) is 68.5 Å². The molecule has 0 bridgehead atoms. The summed E-state index contributed by atoms with van der Waals surface area (Å²) in [6.07, 6.45) is 1.08. The van der Waals surface area contributed by atoms with Gasteiger partial charge in [0.15, 0.2) is 10.7 Å². The predicted octanol–water partition coefficient (Wildman–Crippen LogP) is 5.48. The van der Waals surface area contributed by atoms with E-state index in [0.717, 1.165) is 36.3 Å². The Kier molecular flexibility index (Phi) is 5.99. The minimum Gasteiger partial charge on any atom is -0.588 e. The van der Waals surface area contributed by atoms with Crippen molar-refractivity contribution in [1.29, 1.82) is 0 Å². The Labute approximate surface area is 184 Å². The number of furan rings is 1. The van der Waals surface area contributed by atoms with Crippen molar-refractivity contribution in [3.8, 4) is 0 Å². The van der Waals surface area contributed by atoms with Crippen LogP contribution in [0.3, 0.4) is 0 Å². The summed E-state index contributed by atoms with van der Waals surface area (Å²) in [6, 6.07) is 10.4. The third-order valence-corrected chi connectivity index (χ3v) is 6.85. The van der Waals surface area contributed by atoms with Crippen LogP contribution in [-0.4, -0.2) is 23.5 Å². The molecule has 0 spiro atoms. The summed E-state index contributed by atoms with van der Waals surface area (Å²) in [4.78, 5) is 15.4. The molecule has 1 aliphatic heterocycles. The minimum absolute atomic E-state index is 0.0610. The van der Waals surface area contributed by atoms with Crippen LogP contribution in [0.4, 0.5) is 10.1 Å². The molecule has 3 aromatic rings. The van der Waals surface area contributed by atoms with Gasteiger partial charge in [-0.1, -0.05) is 39.8 Å². The average molecular weight is 443 g/mol. The van der Waals surface area contributed by atoms with Crippen molar-refractivity contribution in [2.75, 3.05) is 18.0 Å². The number of halogens is 1. The highest BCUT2D eigenvalue weighted by atomic mass is 32.2. The highest BCUT2D eigenvalue weighted by molar-refractivity contribution is 7.90. The van der Waals surface area contributed by atoms with Gasteiger partial charge in [0.25, 0.3) is 0 Å². The molecule has 1 aromatic heterocycles. The second kappa shape index (κ2) is 8.55. The van der Waals surface area contributed by atoms with Gasteiger partial charge in [-0.15, -0.1) is 0 Å². The van der Waals surface area contributed by atoms with Crippen LogP contribution in [-0.2, 0) is 11.4 Å². The van der Waals surface area contributed by atoms with E-state index in [-0.39, 0.29) is 23.0 Å². The van der Waals surface area contributed by atoms with E-state index in [0.29, 0.717) is 10.5 Å². The Hall–Kier alpha value is -2.51. The first-order valence-electron chi connectivity index (χ1n) is 10.6. The number of carbonyl (C=O) groups excluding carboxylic acids is 1. The lowest BCUT2D eigenvalue weighted by Crippen LogP contribution is -2.36. The van der Waals surface area contributed by atoms with Crippen LogP contribution < -0.4 is 9.62 Å². The van der Waals surface area contributed by atoms with E-state index in [1.807, 2.05) is 32.0 Å². The summed E-state index contributed by atoms with van der Waals surface area (Å²) in [5, 5.41) is 0.241. The maximum absolute atomic E-state index is 14.6. The number of rotatable bonds is 6. The van der Waals surface area contributed by atoms with E-state index < -0.39 is 23.1 Å². The Morgan fingerprint density at radius 2 is 1.87 bits per heavy atom. The molecule has 164 valence electrons. The molecule has 1 fully saturated rings. The molecular formula is C24H27FN2O3S. The van der Waals surface area contributed by atoms with Gasteiger partial charge in [0.05, 0.1) is 5.39 Å². The highest BCUT2D eigenvalue weighted by Crippen LogP contribution is 2.31. The maximum atomic E-state index is 14.6. The number of anilines is 1. The van der Waals surface area contributed by atoms with Gasteiger partial charge in [0.2, 0.25) is 0 Å². The molecule has 2 heterocycles. The smallest absolute Gasteiger partial charge is 0.328 e. The third-order valence-electron chi connectivity index (χ3n) is 5.73. The first kappa shape index (κ1) is 21.7. The molecule has 0 radical (unpaired) electrons. The standard InChI is InChI=1S/C24H27FN2O3S/c1-14(2)16-6-7-18(15(3)4)23(10-16)31(29)26-24(28)22-13-19-20(25)11-17(12-21(19)30-22)27-8-5-9-27/h6-7,10-15H,5,8-9H2,1-4H3,(H,26,28). The zero-order valence-corrected chi connectivity index (χ0v) is 19.0. The molecule has 31 heavy (non-hydrogen) atoms. The number of hydrogen-bond acceptors (Lipinski definition) is 4. The van der Waals surface area contributed by atoms with Gasteiger partial charge in [-0.25, -0.2) is 4.39 Å². The monoisotopic (exact) mass is 442 g/mol. The molecule has 0 aliphatic carbocycles. The summed E-state index contributed by atoms with van der Waals surface area (Å²) in [5.41, 5.74) is 3.01. The number of fused-ring (bicyclic) bond motifs is 1. The SMILES string of the molecule is CC(C)c1ccc(C(C)C)c([S+]([O-])NC(=O)c2cc3c(F)cc(N4CCC4)cc3o2)c1. The lowest BCUT2D eigenvalue weighted by atomic mass is 9.97. The van der Waals surface area contributed by atoms with E-state index in [2.05, 4.69) is 23.5 Å². The van der Waals surface area contributed by atoms with Gasteiger partial charge < -0.3 is 13.9 Å². The van der Waals surface area contributed by atoms with E-state index >= 15 is 0 Å². The van der Waals surface area contributed by atoms with Gasteiger partial charge in [-0.05, 0) is 36.0 Å². The molecule has 1 amide bonds. The summed E-state index contributed by atoms with van der Waals surface area (Å²) in [6.45, 7) is 9.92. The molecule has 0 saturated carbocycles. The second-order valence-corrected chi connectivity index (χ2v) is 9.78. The van der Waals surface area contributed by atoms with Gasteiger partial charge >= 0.3 is 5.91 Å². The summed E-state index contributed by atoms with van der Waals surface area (Å²) in [5.74, 6) is -0.711. The van der Waals surface area contributed by atoms with Crippen molar-refractivity contribution in [2.24, 2.45) is 0 Å². The summed E-state index contributed by atoms with van der Waals surface area (Å²) in [7, 11) is 0. The largest absolute Gasteiger partial charge is 0.588 e. The van der Waals surface area contributed by atoms with Crippen LogP contribution in [0.5, 0.6) is 0 Å². The first-order valence-corrected chi connectivity index (χ1v) is 11.7. The molecule has 5 nitrogen and oxygen atoms in total. The fourth-order valence-electron chi connectivity index (χ4n) is 3.69. The van der Waals surface area contributed by atoms with Gasteiger partial charge in [-0.3, -0.25) is 4.79 Å². The Bertz CT molecular complexity index is 1120. The van der Waals surface area contributed by atoms with E-state index in [1.54, 1.807) is 6.07 Å². The molecule has 1 aliphatic rings. The Morgan fingerprint density at radius 1 is 1.13 bits per heavy atom. The zero-order chi connectivity index (χ0) is 22.3. The normalized spacial score (nSPS) is 14.9. The summed E-state index contributed by atoms with van der Waals surface area (Å²) >= 11 is -1.77. The van der Waals surface area contributed by atoms with E-state index in [9.17, 15) is 13.7 Å². The minimum atomic E-state index is -1.77. The molecule has 1 saturated heterocycles. The van der Waals surface area contributed by atoms with Gasteiger partial charge in [0, 0.05) is 36.5 Å². The number of amides is 1. The number of hydrogen-bond donors (Lipinski definition) is 1. The summed E-state index contributed by atoms with van der Waals surface area (Å²) < 4.78 is 35.8. The van der Waals surface area contributed by atoms with Crippen LogP contribution in [0, 0.1) is 5.82 Å².